The number of thiophene rings is 1. The Morgan fingerprint density at radius 1 is 1.15 bits per heavy atom. The summed E-state index contributed by atoms with van der Waals surface area (Å²) in [5.41, 5.74) is 2.61. The van der Waals surface area contributed by atoms with E-state index in [1.807, 2.05) is 44.2 Å². The van der Waals surface area contributed by atoms with E-state index < -0.39 is 0 Å². The number of hydrogen-bond donors (Lipinski definition) is 1. The molecule has 0 saturated carbocycles. The minimum absolute atomic E-state index is 0.135. The van der Waals surface area contributed by atoms with Crippen molar-refractivity contribution in [2.24, 2.45) is 0 Å². The molecule has 4 aromatic rings. The summed E-state index contributed by atoms with van der Waals surface area (Å²) in [5, 5.41) is 3.53. The molecule has 4 rings (SSSR count). The largest absolute Gasteiger partial charge is 0.348 e. The molecule has 0 aliphatic heterocycles. The van der Waals surface area contributed by atoms with E-state index in [-0.39, 0.29) is 11.5 Å². The average Bonchev–Trinajstić information content (AvgIpc) is 2.94. The highest BCUT2D eigenvalue weighted by Crippen LogP contribution is 2.26. The van der Waals surface area contributed by atoms with Gasteiger partial charge in [0, 0.05) is 17.6 Å². The second kappa shape index (κ2) is 6.38. The van der Waals surface area contributed by atoms with E-state index in [1.54, 1.807) is 18.3 Å². The van der Waals surface area contributed by atoms with Gasteiger partial charge in [0.1, 0.15) is 4.83 Å². The SMILES string of the molecule is Cc1sc2nc3c(C(=O)NCc4ccccc4)cccn3c(=O)c2c1C. The molecular weight excluding hydrogens is 346 g/mol. The third-order valence-electron chi connectivity index (χ3n) is 4.51. The first kappa shape index (κ1) is 16.5. The van der Waals surface area contributed by atoms with E-state index in [1.165, 1.54) is 15.7 Å². The average molecular weight is 363 g/mol. The van der Waals surface area contributed by atoms with Crippen LogP contribution in [0.3, 0.4) is 0 Å². The van der Waals surface area contributed by atoms with Crippen molar-refractivity contribution < 1.29 is 4.79 Å². The summed E-state index contributed by atoms with van der Waals surface area (Å²) in [6, 6.07) is 13.1. The van der Waals surface area contributed by atoms with Crippen molar-refractivity contribution >= 4 is 33.1 Å². The van der Waals surface area contributed by atoms with Gasteiger partial charge < -0.3 is 5.32 Å². The zero-order valence-corrected chi connectivity index (χ0v) is 15.3. The highest BCUT2D eigenvalue weighted by molar-refractivity contribution is 7.18. The smallest absolute Gasteiger partial charge is 0.266 e. The Hall–Kier alpha value is -2.99. The van der Waals surface area contributed by atoms with Crippen molar-refractivity contribution in [3.05, 3.63) is 80.6 Å². The van der Waals surface area contributed by atoms with Crippen LogP contribution in [0.15, 0.2) is 53.5 Å². The minimum atomic E-state index is -0.247. The first-order valence-electron chi connectivity index (χ1n) is 8.29. The Bertz CT molecular complexity index is 1190. The molecule has 3 heterocycles. The molecule has 130 valence electrons. The van der Waals surface area contributed by atoms with Gasteiger partial charge in [0.15, 0.2) is 5.65 Å². The van der Waals surface area contributed by atoms with Crippen LogP contribution in [0.25, 0.3) is 15.9 Å². The van der Waals surface area contributed by atoms with Crippen molar-refractivity contribution in [1.82, 2.24) is 14.7 Å². The Labute approximate surface area is 153 Å². The molecule has 26 heavy (non-hydrogen) atoms. The van der Waals surface area contributed by atoms with E-state index in [0.717, 1.165) is 16.0 Å². The summed E-state index contributed by atoms with van der Waals surface area (Å²) >= 11 is 1.48. The van der Waals surface area contributed by atoms with E-state index >= 15 is 0 Å². The van der Waals surface area contributed by atoms with Crippen LogP contribution in [0.4, 0.5) is 0 Å². The molecule has 6 heteroatoms. The van der Waals surface area contributed by atoms with Gasteiger partial charge in [0.25, 0.3) is 11.5 Å². The molecule has 0 atom stereocenters. The van der Waals surface area contributed by atoms with Crippen molar-refractivity contribution in [2.45, 2.75) is 20.4 Å². The monoisotopic (exact) mass is 363 g/mol. The molecule has 0 radical (unpaired) electrons. The van der Waals surface area contributed by atoms with Gasteiger partial charge in [-0.15, -0.1) is 11.3 Å². The molecule has 0 bridgehead atoms. The molecule has 3 aromatic heterocycles. The molecule has 0 unspecified atom stereocenters. The van der Waals surface area contributed by atoms with Gasteiger partial charge in [-0.05, 0) is 37.1 Å². The summed E-state index contributed by atoms with van der Waals surface area (Å²) < 4.78 is 1.46. The van der Waals surface area contributed by atoms with Gasteiger partial charge in [-0.3, -0.25) is 14.0 Å². The Morgan fingerprint density at radius 3 is 2.69 bits per heavy atom. The van der Waals surface area contributed by atoms with Gasteiger partial charge >= 0.3 is 0 Å². The fraction of sp³-hybridized carbons (Fsp3) is 0.150. The number of hydrogen-bond acceptors (Lipinski definition) is 4. The van der Waals surface area contributed by atoms with Gasteiger partial charge in [-0.25, -0.2) is 4.98 Å². The van der Waals surface area contributed by atoms with Crippen LogP contribution in [-0.4, -0.2) is 15.3 Å². The molecule has 1 amide bonds. The molecule has 0 fully saturated rings. The lowest BCUT2D eigenvalue weighted by atomic mass is 10.2. The fourth-order valence-corrected chi connectivity index (χ4v) is 4.00. The number of pyridine rings is 1. The molecular formula is C20H17N3O2S. The summed E-state index contributed by atoms with van der Waals surface area (Å²) in [6.45, 7) is 4.33. The number of nitrogens with one attached hydrogen (secondary N) is 1. The summed E-state index contributed by atoms with van der Waals surface area (Å²) in [4.78, 5) is 31.9. The Morgan fingerprint density at radius 2 is 1.92 bits per heavy atom. The lowest BCUT2D eigenvalue weighted by Gasteiger charge is -2.08. The quantitative estimate of drug-likeness (QED) is 0.606. The highest BCUT2D eigenvalue weighted by Gasteiger charge is 2.17. The van der Waals surface area contributed by atoms with Gasteiger partial charge in [0.2, 0.25) is 0 Å². The molecule has 5 nitrogen and oxygen atoms in total. The second-order valence-corrected chi connectivity index (χ2v) is 7.37. The Kier molecular flexibility index (Phi) is 4.05. The number of amides is 1. The number of fused-ring (bicyclic) bond motifs is 2. The summed E-state index contributed by atoms with van der Waals surface area (Å²) in [6.07, 6.45) is 1.66. The normalized spacial score (nSPS) is 11.2. The number of aryl methyl sites for hydroxylation is 2. The molecule has 0 spiro atoms. The van der Waals surface area contributed by atoms with E-state index in [9.17, 15) is 9.59 Å². The second-order valence-electron chi connectivity index (χ2n) is 6.16. The zero-order chi connectivity index (χ0) is 18.3. The minimum Gasteiger partial charge on any atom is -0.348 e. The first-order valence-corrected chi connectivity index (χ1v) is 9.11. The van der Waals surface area contributed by atoms with Crippen LogP contribution >= 0.6 is 11.3 Å². The molecule has 0 aliphatic carbocycles. The van der Waals surface area contributed by atoms with Gasteiger partial charge in [0.05, 0.1) is 10.9 Å². The van der Waals surface area contributed by atoms with E-state index in [2.05, 4.69) is 10.3 Å². The van der Waals surface area contributed by atoms with Gasteiger partial charge in [-0.1, -0.05) is 30.3 Å². The maximum absolute atomic E-state index is 12.9. The van der Waals surface area contributed by atoms with Gasteiger partial charge in [-0.2, -0.15) is 0 Å². The van der Waals surface area contributed by atoms with Crippen molar-refractivity contribution in [1.29, 1.82) is 0 Å². The van der Waals surface area contributed by atoms with Crippen molar-refractivity contribution in [2.75, 3.05) is 0 Å². The third-order valence-corrected chi connectivity index (χ3v) is 5.62. The number of carbonyl (C=O) groups excluding carboxylic acids is 1. The number of rotatable bonds is 3. The molecule has 1 N–H and O–H groups in total. The van der Waals surface area contributed by atoms with Crippen molar-refractivity contribution in [3.63, 3.8) is 0 Å². The zero-order valence-electron chi connectivity index (χ0n) is 14.4. The number of aromatic nitrogens is 2. The summed E-state index contributed by atoms with van der Waals surface area (Å²) in [5.74, 6) is -0.247. The van der Waals surface area contributed by atoms with E-state index in [0.29, 0.717) is 28.0 Å². The number of nitrogens with zero attached hydrogens (tertiary/aromatic N) is 2. The van der Waals surface area contributed by atoms with Crippen LogP contribution in [0.2, 0.25) is 0 Å². The number of benzene rings is 1. The fourth-order valence-electron chi connectivity index (χ4n) is 2.99. The maximum atomic E-state index is 12.9. The lowest BCUT2D eigenvalue weighted by molar-refractivity contribution is 0.0952. The topological polar surface area (TPSA) is 63.5 Å². The number of carbonyl (C=O) groups is 1. The third kappa shape index (κ3) is 2.68. The highest BCUT2D eigenvalue weighted by atomic mass is 32.1. The van der Waals surface area contributed by atoms with Crippen LogP contribution in [0, 0.1) is 13.8 Å². The van der Waals surface area contributed by atoms with Crippen molar-refractivity contribution in [3.8, 4) is 0 Å². The molecule has 1 aromatic carbocycles. The van der Waals surface area contributed by atoms with Crippen LogP contribution in [0.5, 0.6) is 0 Å². The van der Waals surface area contributed by atoms with Crippen LogP contribution in [0.1, 0.15) is 26.4 Å². The first-order chi connectivity index (χ1) is 12.6. The predicted octanol–water partition coefficient (Wildman–Crippen LogP) is 3.46. The maximum Gasteiger partial charge on any atom is 0.266 e. The summed E-state index contributed by atoms with van der Waals surface area (Å²) in [7, 11) is 0. The Balaban J connectivity index is 1.79. The van der Waals surface area contributed by atoms with Crippen LogP contribution < -0.4 is 10.9 Å². The van der Waals surface area contributed by atoms with Crippen LogP contribution in [-0.2, 0) is 6.54 Å². The molecule has 0 aliphatic rings. The van der Waals surface area contributed by atoms with E-state index in [4.69, 9.17) is 0 Å². The standard InChI is InChI=1S/C20H17N3O2S/c1-12-13(2)26-19-16(12)20(25)23-10-6-9-15(17(23)22-19)18(24)21-11-14-7-4-3-5-8-14/h3-10H,11H2,1-2H3,(H,21,24). The lowest BCUT2D eigenvalue weighted by Crippen LogP contribution is -2.25. The predicted molar refractivity (Wildman–Crippen MR) is 104 cm³/mol. The molecule has 0 saturated heterocycles.